The number of aryl methyl sites for hydroxylation is 1. The molecule has 0 saturated carbocycles. The van der Waals surface area contributed by atoms with Gasteiger partial charge in [-0.2, -0.15) is 0 Å². The zero-order valence-electron chi connectivity index (χ0n) is 31.0. The van der Waals surface area contributed by atoms with Gasteiger partial charge in [0.15, 0.2) is 5.66 Å². The number of nitrogens with zero attached hydrogens (tertiary/aromatic N) is 2. The summed E-state index contributed by atoms with van der Waals surface area (Å²) < 4.78 is 11.4. The Morgan fingerprint density at radius 2 is 1.57 bits per heavy atom. The van der Waals surface area contributed by atoms with Gasteiger partial charge < -0.3 is 30.3 Å². The average Bonchev–Trinajstić information content (AvgIpc) is 3.52. The van der Waals surface area contributed by atoms with Gasteiger partial charge in [0.05, 0.1) is 25.5 Å². The largest absolute Gasteiger partial charge is 0.379 e. The van der Waals surface area contributed by atoms with E-state index < -0.39 is 23.5 Å². The molecule has 0 aromatic heterocycles. The van der Waals surface area contributed by atoms with Crippen molar-refractivity contribution in [1.29, 1.82) is 0 Å². The highest BCUT2D eigenvalue weighted by atomic mass is 16.5. The van der Waals surface area contributed by atoms with Gasteiger partial charge in [0.1, 0.15) is 12.1 Å². The molecule has 3 amide bonds. The number of methoxy groups -OCH3 is 1. The predicted octanol–water partition coefficient (Wildman–Crippen LogP) is 3.58. The number of carbonyl (C=O) groups excluding carboxylic acids is 4. The molecule has 276 valence electrons. The predicted molar refractivity (Wildman–Crippen MR) is 195 cm³/mol. The second-order valence-electron chi connectivity index (χ2n) is 15.0. The summed E-state index contributed by atoms with van der Waals surface area (Å²) in [6, 6.07) is 17.7. The Labute approximate surface area is 302 Å². The maximum atomic E-state index is 15.4. The van der Waals surface area contributed by atoms with Crippen LogP contribution in [0.1, 0.15) is 65.0 Å². The summed E-state index contributed by atoms with van der Waals surface area (Å²) in [6.07, 6.45) is 1.83. The van der Waals surface area contributed by atoms with Crippen molar-refractivity contribution in [3.05, 3.63) is 83.1 Å². The van der Waals surface area contributed by atoms with Crippen molar-refractivity contribution in [1.82, 2.24) is 25.8 Å². The molecule has 2 fully saturated rings. The van der Waals surface area contributed by atoms with E-state index in [2.05, 4.69) is 16.0 Å². The monoisotopic (exact) mass is 701 g/mol. The number of Topliss-reactive ketones (excluding diaryl/α,β-unsaturated/α-hetero) is 1. The van der Waals surface area contributed by atoms with Crippen LogP contribution in [0.25, 0.3) is 0 Å². The van der Waals surface area contributed by atoms with Crippen molar-refractivity contribution >= 4 is 23.5 Å². The molecule has 3 aliphatic heterocycles. The van der Waals surface area contributed by atoms with Crippen LogP contribution in [-0.4, -0.2) is 96.7 Å². The normalized spacial score (nSPS) is 24.6. The molecule has 11 heteroatoms. The minimum atomic E-state index is -1.47. The molecule has 2 aromatic carbocycles. The van der Waals surface area contributed by atoms with Gasteiger partial charge >= 0.3 is 0 Å². The standard InChI is InChI=1S/C40H55N5O6/c1-27(2)23-33-37(48)43-39(25-31-15-11-8-12-16-31,35-29(5)36(47)40(42-35,50-6)24-28(3)4)45(33)38(49)32(18-17-30-13-9-7-10-14-30)41-34(46)26-44-19-21-51-22-20-44/h7-16,27-28,32-33,42H,17-26H2,1-6H3,(H,41,46)(H,43,48). The van der Waals surface area contributed by atoms with Gasteiger partial charge in [-0.1, -0.05) is 88.4 Å². The van der Waals surface area contributed by atoms with Crippen LogP contribution in [0.15, 0.2) is 71.9 Å². The number of benzene rings is 2. The number of hydrogen-bond donors (Lipinski definition) is 3. The lowest BCUT2D eigenvalue weighted by Crippen LogP contribution is -2.65. The van der Waals surface area contributed by atoms with Crippen LogP contribution < -0.4 is 16.0 Å². The number of ketones is 1. The van der Waals surface area contributed by atoms with E-state index in [-0.39, 0.29) is 48.3 Å². The first-order valence-corrected chi connectivity index (χ1v) is 18.3. The maximum Gasteiger partial charge on any atom is 0.248 e. The highest BCUT2D eigenvalue weighted by Crippen LogP contribution is 2.42. The molecule has 4 atom stereocenters. The molecule has 2 saturated heterocycles. The zero-order valence-corrected chi connectivity index (χ0v) is 31.0. The zero-order chi connectivity index (χ0) is 36.8. The lowest BCUT2D eigenvalue weighted by atomic mass is 9.90. The summed E-state index contributed by atoms with van der Waals surface area (Å²) in [5.41, 5.74) is -0.0888. The van der Waals surface area contributed by atoms with E-state index in [1.54, 1.807) is 11.8 Å². The molecule has 3 N–H and O–H groups in total. The van der Waals surface area contributed by atoms with Crippen molar-refractivity contribution in [3.8, 4) is 0 Å². The molecule has 4 unspecified atom stereocenters. The number of nitrogens with one attached hydrogen (secondary N) is 3. The van der Waals surface area contributed by atoms with E-state index >= 15 is 4.79 Å². The van der Waals surface area contributed by atoms with Crippen LogP contribution in [0.3, 0.4) is 0 Å². The Kier molecular flexibility index (Phi) is 12.4. The molecule has 3 aliphatic rings. The second kappa shape index (κ2) is 16.5. The Morgan fingerprint density at radius 3 is 2.16 bits per heavy atom. The van der Waals surface area contributed by atoms with Gasteiger partial charge in [-0.3, -0.25) is 24.1 Å². The van der Waals surface area contributed by atoms with E-state index in [0.29, 0.717) is 63.3 Å². The van der Waals surface area contributed by atoms with E-state index in [4.69, 9.17) is 9.47 Å². The Balaban J connectivity index is 1.62. The Morgan fingerprint density at radius 1 is 0.941 bits per heavy atom. The van der Waals surface area contributed by atoms with Gasteiger partial charge in [-0.25, -0.2) is 0 Å². The Bertz CT molecular complexity index is 1570. The SMILES string of the molecule is COC1(CC(C)C)NC(C2(Cc3ccccc3)NC(=O)C(CC(C)C)N2C(=O)C(CCc2ccccc2)NC(=O)CN2CCOCC2)=C(C)C1=O. The first-order chi connectivity index (χ1) is 24.4. The van der Waals surface area contributed by atoms with Crippen LogP contribution in [0.2, 0.25) is 0 Å². The van der Waals surface area contributed by atoms with Gasteiger partial charge in [0, 0.05) is 38.6 Å². The fraction of sp³-hybridized carbons (Fsp3) is 0.550. The minimum Gasteiger partial charge on any atom is -0.379 e. The highest BCUT2D eigenvalue weighted by Gasteiger charge is 2.61. The van der Waals surface area contributed by atoms with Gasteiger partial charge in [0.2, 0.25) is 29.2 Å². The molecular weight excluding hydrogens is 646 g/mol. The molecule has 0 radical (unpaired) electrons. The third kappa shape index (κ3) is 8.54. The summed E-state index contributed by atoms with van der Waals surface area (Å²) in [6.45, 7) is 12.3. The summed E-state index contributed by atoms with van der Waals surface area (Å²) in [4.78, 5) is 61.2. The van der Waals surface area contributed by atoms with Crippen molar-refractivity contribution in [3.63, 3.8) is 0 Å². The van der Waals surface area contributed by atoms with Crippen LogP contribution >= 0.6 is 0 Å². The van der Waals surface area contributed by atoms with Crippen LogP contribution in [0.5, 0.6) is 0 Å². The third-order valence-electron chi connectivity index (χ3n) is 10.1. The summed E-state index contributed by atoms with van der Waals surface area (Å²) in [5.74, 6) is -1.01. The van der Waals surface area contributed by atoms with Gasteiger partial charge in [-0.15, -0.1) is 0 Å². The fourth-order valence-corrected chi connectivity index (χ4v) is 7.73. The topological polar surface area (TPSA) is 129 Å². The molecule has 3 heterocycles. The molecule has 2 aromatic rings. The highest BCUT2D eigenvalue weighted by molar-refractivity contribution is 6.06. The van der Waals surface area contributed by atoms with Crippen LogP contribution in [0, 0.1) is 11.8 Å². The van der Waals surface area contributed by atoms with E-state index in [9.17, 15) is 14.4 Å². The van der Waals surface area contributed by atoms with E-state index in [1.807, 2.05) is 93.3 Å². The average molecular weight is 702 g/mol. The lowest BCUT2D eigenvalue weighted by Gasteiger charge is -2.44. The summed E-state index contributed by atoms with van der Waals surface area (Å²) in [7, 11) is 1.51. The van der Waals surface area contributed by atoms with Crippen molar-refractivity contribution < 1.29 is 28.7 Å². The second-order valence-corrected chi connectivity index (χ2v) is 15.0. The number of ether oxygens (including phenoxy) is 2. The maximum absolute atomic E-state index is 15.4. The molecule has 11 nitrogen and oxygen atoms in total. The smallest absolute Gasteiger partial charge is 0.248 e. The molecule has 0 bridgehead atoms. The number of carbonyl (C=O) groups is 4. The van der Waals surface area contributed by atoms with Gasteiger partial charge in [-0.05, 0) is 49.1 Å². The van der Waals surface area contributed by atoms with Crippen molar-refractivity contribution in [2.45, 2.75) is 90.2 Å². The Hall–Kier alpha value is -4.06. The first kappa shape index (κ1) is 38.2. The van der Waals surface area contributed by atoms with E-state index in [0.717, 1.165) is 11.1 Å². The number of hydrogen-bond acceptors (Lipinski definition) is 8. The first-order valence-electron chi connectivity index (χ1n) is 18.3. The summed E-state index contributed by atoms with van der Waals surface area (Å²) in [5, 5.41) is 9.80. The quantitative estimate of drug-likeness (QED) is 0.257. The summed E-state index contributed by atoms with van der Waals surface area (Å²) >= 11 is 0. The van der Waals surface area contributed by atoms with Crippen molar-refractivity contribution in [2.75, 3.05) is 40.0 Å². The molecule has 0 spiro atoms. The van der Waals surface area contributed by atoms with Crippen molar-refractivity contribution in [2.24, 2.45) is 11.8 Å². The molecular formula is C40H55N5O6. The molecule has 51 heavy (non-hydrogen) atoms. The lowest BCUT2D eigenvalue weighted by molar-refractivity contribution is -0.144. The number of rotatable bonds is 15. The minimum absolute atomic E-state index is 0.0644. The molecule has 5 rings (SSSR count). The molecule has 0 aliphatic carbocycles. The van der Waals surface area contributed by atoms with E-state index in [1.165, 1.54) is 7.11 Å². The fourth-order valence-electron chi connectivity index (χ4n) is 7.73. The van der Waals surface area contributed by atoms with Crippen LogP contribution in [-0.2, 0) is 41.5 Å². The van der Waals surface area contributed by atoms with Crippen LogP contribution in [0.4, 0.5) is 0 Å². The third-order valence-corrected chi connectivity index (χ3v) is 10.1. The van der Waals surface area contributed by atoms with Gasteiger partial charge in [0.25, 0.3) is 0 Å². The number of morpholine rings is 1. The number of amides is 3.